The lowest BCUT2D eigenvalue weighted by Crippen LogP contribution is -2.70. The lowest BCUT2D eigenvalue weighted by molar-refractivity contribution is -0.218. The number of carbonyl (C=O) groups is 3. The Morgan fingerprint density at radius 2 is 1.64 bits per heavy atom. The molecule has 1 spiro atoms. The third-order valence-corrected chi connectivity index (χ3v) is 16.6. The fourth-order valence-corrected chi connectivity index (χ4v) is 13.1. The van der Waals surface area contributed by atoms with E-state index in [-0.39, 0.29) is 49.7 Å². The van der Waals surface area contributed by atoms with Crippen LogP contribution < -0.4 is 5.32 Å². The number of allylic oxidation sites excluding steroid dienone is 1. The largest absolute Gasteiger partial charge is 0.458 e. The first-order valence-electron chi connectivity index (χ1n) is 23.5. The van der Waals surface area contributed by atoms with E-state index in [0.717, 1.165) is 59.9 Å². The summed E-state index contributed by atoms with van der Waals surface area (Å²) in [6, 6.07) is 24.0. The SMILES string of the molecule is CN(C(=O)C12CC3OC(=O)C1N(Cc1ccccc1C=C1CCC4OC4(C)CCC4C1CC4(C)C)OC2C1OC2(Cc4ccccc4C2)OC31)C(Cc1ccccc1)C(=O)NCCO. The molecule has 2 bridgehead atoms. The van der Waals surface area contributed by atoms with Crippen LogP contribution in [0, 0.1) is 22.7 Å². The molecule has 2 amide bonds. The summed E-state index contributed by atoms with van der Waals surface area (Å²) < 4.78 is 26.6. The average molecular weight is 872 g/mol. The number of carbonyl (C=O) groups excluding carboxylic acids is 3. The minimum absolute atomic E-state index is 0.0121. The van der Waals surface area contributed by atoms with Gasteiger partial charge in [0.15, 0.2) is 11.8 Å². The molecule has 0 aromatic heterocycles. The van der Waals surface area contributed by atoms with Crippen molar-refractivity contribution in [1.29, 1.82) is 0 Å². The molecule has 4 saturated heterocycles. The number of hydroxylamine groups is 2. The van der Waals surface area contributed by atoms with Gasteiger partial charge >= 0.3 is 5.97 Å². The molecule has 2 N–H and O–H groups in total. The topological polar surface area (TPSA) is 139 Å². The third-order valence-electron chi connectivity index (χ3n) is 16.6. The van der Waals surface area contributed by atoms with Gasteiger partial charge in [0.25, 0.3) is 0 Å². The van der Waals surface area contributed by atoms with Crippen molar-refractivity contribution in [2.75, 3.05) is 20.2 Å². The molecule has 11 atom stereocenters. The molecule has 11 rings (SSSR count). The summed E-state index contributed by atoms with van der Waals surface area (Å²) in [5.74, 6) is -1.26. The van der Waals surface area contributed by atoms with Crippen molar-refractivity contribution in [2.24, 2.45) is 22.7 Å². The zero-order chi connectivity index (χ0) is 44.2. The third kappa shape index (κ3) is 6.89. The second-order valence-electron chi connectivity index (χ2n) is 20.9. The molecule has 0 radical (unpaired) electrons. The highest BCUT2D eigenvalue weighted by Crippen LogP contribution is 2.61. The number of epoxide rings is 1. The number of aliphatic hydroxyl groups excluding tert-OH is 1. The zero-order valence-corrected chi connectivity index (χ0v) is 37.4. The molecule has 3 aromatic rings. The van der Waals surface area contributed by atoms with Crippen LogP contribution in [0.4, 0.5) is 0 Å². The predicted molar refractivity (Wildman–Crippen MR) is 236 cm³/mol. The van der Waals surface area contributed by atoms with Crippen LogP contribution >= 0.6 is 0 Å². The highest BCUT2D eigenvalue weighted by Gasteiger charge is 2.77. The molecule has 64 heavy (non-hydrogen) atoms. The lowest BCUT2D eigenvalue weighted by Gasteiger charge is -2.53. The molecule has 7 fully saturated rings. The molecule has 4 aliphatic heterocycles. The van der Waals surface area contributed by atoms with Gasteiger partial charge in [-0.3, -0.25) is 19.2 Å². The average Bonchev–Trinajstić information content (AvgIpc) is 3.56. The van der Waals surface area contributed by atoms with Gasteiger partial charge in [-0.05, 0) is 84.1 Å². The molecule has 11 unspecified atom stereocenters. The second-order valence-corrected chi connectivity index (χ2v) is 20.9. The molecular weight excluding hydrogens is 811 g/mol. The Labute approximate surface area is 375 Å². The van der Waals surface area contributed by atoms with E-state index in [1.54, 1.807) is 12.1 Å². The zero-order valence-electron chi connectivity index (χ0n) is 37.4. The number of hydrogen-bond donors (Lipinski definition) is 2. The number of likely N-dealkylation sites (N-methyl/N-ethyl adjacent to an activating group) is 1. The first kappa shape index (κ1) is 42.2. The van der Waals surface area contributed by atoms with E-state index >= 15 is 4.79 Å². The van der Waals surface area contributed by atoms with Gasteiger partial charge < -0.3 is 34.3 Å². The quantitative estimate of drug-likeness (QED) is 0.192. The number of hydrogen-bond acceptors (Lipinski definition) is 10. The van der Waals surface area contributed by atoms with Gasteiger partial charge in [0, 0.05) is 39.3 Å². The van der Waals surface area contributed by atoms with Crippen molar-refractivity contribution in [3.63, 3.8) is 0 Å². The lowest BCUT2D eigenvalue weighted by atomic mass is 9.52. The molecule has 4 heterocycles. The fraction of sp³-hybridized carbons (Fsp3) is 0.558. The van der Waals surface area contributed by atoms with Crippen LogP contribution in [-0.4, -0.2) is 107 Å². The van der Waals surface area contributed by atoms with E-state index in [9.17, 15) is 14.7 Å². The summed E-state index contributed by atoms with van der Waals surface area (Å²) in [6.45, 7) is 7.08. The first-order chi connectivity index (χ1) is 30.8. The van der Waals surface area contributed by atoms with Gasteiger partial charge in [0.2, 0.25) is 11.8 Å². The molecular formula is C52H61N3O9. The van der Waals surface area contributed by atoms with Gasteiger partial charge in [-0.2, -0.15) is 5.06 Å². The number of nitrogens with one attached hydrogen (secondary N) is 1. The van der Waals surface area contributed by atoms with Crippen molar-refractivity contribution in [3.05, 3.63) is 112 Å². The van der Waals surface area contributed by atoms with Crippen molar-refractivity contribution < 1.29 is 43.3 Å². The van der Waals surface area contributed by atoms with E-state index in [4.69, 9.17) is 23.8 Å². The Hall–Kier alpha value is -4.43. The van der Waals surface area contributed by atoms with Crippen molar-refractivity contribution in [3.8, 4) is 0 Å². The number of benzene rings is 3. The highest BCUT2D eigenvalue weighted by molar-refractivity contribution is 5.96. The summed E-state index contributed by atoms with van der Waals surface area (Å²) in [4.78, 5) is 53.1. The van der Waals surface area contributed by atoms with Gasteiger partial charge in [0.05, 0.1) is 24.9 Å². The van der Waals surface area contributed by atoms with Crippen LogP contribution in [0.1, 0.15) is 87.1 Å². The maximum Gasteiger partial charge on any atom is 0.327 e. The monoisotopic (exact) mass is 871 g/mol. The van der Waals surface area contributed by atoms with Crippen LogP contribution in [0.15, 0.2) is 84.4 Å². The predicted octanol–water partition coefficient (Wildman–Crippen LogP) is 5.72. The molecule has 12 nitrogen and oxygen atoms in total. The number of aliphatic hydroxyl groups is 1. The van der Waals surface area contributed by atoms with E-state index < -0.39 is 65.5 Å². The number of esters is 1. The number of fused-ring (bicyclic) bond motifs is 7. The fourth-order valence-electron chi connectivity index (χ4n) is 13.1. The maximum absolute atomic E-state index is 15.8. The second kappa shape index (κ2) is 15.6. The van der Waals surface area contributed by atoms with Crippen LogP contribution in [0.25, 0.3) is 6.08 Å². The summed E-state index contributed by atoms with van der Waals surface area (Å²) >= 11 is 0. The summed E-state index contributed by atoms with van der Waals surface area (Å²) in [7, 11) is 1.64. The molecule has 8 aliphatic rings. The Kier molecular flexibility index (Phi) is 10.3. The Morgan fingerprint density at radius 3 is 2.39 bits per heavy atom. The summed E-state index contributed by atoms with van der Waals surface area (Å²) in [5, 5.41) is 14.1. The van der Waals surface area contributed by atoms with Crippen LogP contribution in [0.5, 0.6) is 0 Å². The molecule has 4 aliphatic carbocycles. The van der Waals surface area contributed by atoms with E-state index in [0.29, 0.717) is 24.7 Å². The molecule has 3 aromatic carbocycles. The van der Waals surface area contributed by atoms with Gasteiger partial charge in [-0.25, -0.2) is 0 Å². The Balaban J connectivity index is 0.957. The maximum atomic E-state index is 15.8. The normalized spacial score (nSPS) is 36.0. The van der Waals surface area contributed by atoms with Gasteiger partial charge in [0.1, 0.15) is 35.9 Å². The minimum atomic E-state index is -1.48. The molecule has 12 heteroatoms. The van der Waals surface area contributed by atoms with E-state index in [2.05, 4.69) is 62.5 Å². The summed E-state index contributed by atoms with van der Waals surface area (Å²) in [6.07, 6.45) is 6.34. The van der Waals surface area contributed by atoms with Crippen molar-refractivity contribution in [1.82, 2.24) is 15.3 Å². The van der Waals surface area contributed by atoms with E-state index in [1.807, 2.05) is 48.5 Å². The standard InChI is InChI=1S/C52H61N3O9/c1-49(2)28-37-33(18-19-41-50(3,61-41)21-20-38(37)49)25-32-14-8-11-17-36(32)30-55-44-47(58)60-40-29-52(44,48(59)54(4)39(46(57)53-22-23-56)24-31-12-6-5-7-13-31)45(64-55)43-42(40)62-51(63-43)26-34-15-9-10-16-35(34)27-51/h5-17,25,37-45,56H,18-24,26-30H2,1-4H3,(H,53,57). The first-order valence-corrected chi connectivity index (χ1v) is 23.5. The highest BCUT2D eigenvalue weighted by atomic mass is 16.8. The van der Waals surface area contributed by atoms with Crippen molar-refractivity contribution in [2.45, 2.75) is 139 Å². The molecule has 338 valence electrons. The minimum Gasteiger partial charge on any atom is -0.458 e. The van der Waals surface area contributed by atoms with Gasteiger partial charge in [-0.1, -0.05) is 104 Å². The number of nitrogens with zero attached hydrogens (tertiary/aromatic N) is 2. The smallest absolute Gasteiger partial charge is 0.327 e. The number of amides is 2. The summed E-state index contributed by atoms with van der Waals surface area (Å²) in [5.41, 5.74) is 5.39. The van der Waals surface area contributed by atoms with Crippen LogP contribution in [-0.2, 0) is 64.0 Å². The van der Waals surface area contributed by atoms with Crippen LogP contribution in [0.3, 0.4) is 0 Å². The van der Waals surface area contributed by atoms with Gasteiger partial charge in [-0.15, -0.1) is 0 Å². The molecule has 3 saturated carbocycles. The number of ether oxygens (including phenoxy) is 4. The van der Waals surface area contributed by atoms with Crippen LogP contribution in [0.2, 0.25) is 0 Å². The Bertz CT molecular complexity index is 2340. The Morgan fingerprint density at radius 1 is 0.922 bits per heavy atom. The van der Waals surface area contributed by atoms with Crippen molar-refractivity contribution >= 4 is 23.9 Å². The number of rotatable bonds is 10. The van der Waals surface area contributed by atoms with E-state index in [1.165, 1.54) is 10.5 Å².